The molecule has 0 bridgehead atoms. The molecule has 0 aliphatic carbocycles. The number of benzene rings is 1. The molecule has 0 unspecified atom stereocenters. The van der Waals surface area contributed by atoms with Crippen molar-refractivity contribution in [3.63, 3.8) is 0 Å². The maximum atomic E-state index is 11.7. The molecule has 2 rings (SSSR count). The van der Waals surface area contributed by atoms with Crippen LogP contribution in [0.5, 0.6) is 0 Å². The summed E-state index contributed by atoms with van der Waals surface area (Å²) in [5.41, 5.74) is 0. The van der Waals surface area contributed by atoms with Gasteiger partial charge in [-0.05, 0) is 30.5 Å². The van der Waals surface area contributed by atoms with E-state index in [1.807, 2.05) is 18.4 Å². The zero-order valence-electron chi connectivity index (χ0n) is 9.92. The number of aromatic nitrogens is 2. The third-order valence-electron chi connectivity index (χ3n) is 2.01. The second kappa shape index (κ2) is 7.14. The van der Waals surface area contributed by atoms with Gasteiger partial charge in [-0.2, -0.15) is 0 Å². The molecule has 0 saturated carbocycles. The summed E-state index contributed by atoms with van der Waals surface area (Å²) in [7, 11) is 0. The maximum Gasteiger partial charge on any atom is 0.236 e. The average molecular weight is 332 g/mol. The van der Waals surface area contributed by atoms with Crippen LogP contribution in [0.1, 0.15) is 0 Å². The van der Waals surface area contributed by atoms with Gasteiger partial charge in [0.05, 0.1) is 5.75 Å². The average Bonchev–Trinajstić information content (AvgIpc) is 2.86. The van der Waals surface area contributed by atoms with Gasteiger partial charge in [-0.1, -0.05) is 34.7 Å². The quantitative estimate of drug-likeness (QED) is 0.669. The lowest BCUT2D eigenvalue weighted by atomic mass is 10.4. The van der Waals surface area contributed by atoms with Crippen molar-refractivity contribution < 1.29 is 4.79 Å². The lowest BCUT2D eigenvalue weighted by molar-refractivity contribution is -0.113. The van der Waals surface area contributed by atoms with E-state index in [-0.39, 0.29) is 5.91 Å². The van der Waals surface area contributed by atoms with Crippen molar-refractivity contribution >= 4 is 57.5 Å². The fraction of sp³-hybridized carbons (Fsp3) is 0.182. The lowest BCUT2D eigenvalue weighted by Gasteiger charge is -2.01. The molecule has 1 aromatic heterocycles. The second-order valence-corrected chi connectivity index (χ2v) is 6.88. The van der Waals surface area contributed by atoms with E-state index in [1.54, 1.807) is 12.1 Å². The van der Waals surface area contributed by atoms with Crippen LogP contribution in [0.15, 0.2) is 33.5 Å². The Labute approximate surface area is 128 Å². The van der Waals surface area contributed by atoms with Gasteiger partial charge in [0.2, 0.25) is 11.0 Å². The zero-order chi connectivity index (χ0) is 13.7. The van der Waals surface area contributed by atoms with E-state index in [4.69, 9.17) is 11.6 Å². The molecule has 4 nitrogen and oxygen atoms in total. The summed E-state index contributed by atoms with van der Waals surface area (Å²) >= 11 is 10.1. The van der Waals surface area contributed by atoms with Gasteiger partial charge >= 0.3 is 0 Å². The Morgan fingerprint density at radius 3 is 2.74 bits per heavy atom. The summed E-state index contributed by atoms with van der Waals surface area (Å²) < 4.78 is 0.834. The molecular weight excluding hydrogens is 322 g/mol. The first kappa shape index (κ1) is 14.6. The number of carbonyl (C=O) groups is 1. The molecule has 100 valence electrons. The number of nitrogens with one attached hydrogen (secondary N) is 1. The second-order valence-electron chi connectivity index (χ2n) is 3.37. The van der Waals surface area contributed by atoms with Gasteiger partial charge in [-0.3, -0.25) is 10.1 Å². The first-order chi connectivity index (χ1) is 9.17. The number of carbonyl (C=O) groups excluding carboxylic acids is 1. The Balaban J connectivity index is 1.82. The van der Waals surface area contributed by atoms with E-state index in [9.17, 15) is 4.79 Å². The maximum absolute atomic E-state index is 11.7. The van der Waals surface area contributed by atoms with Gasteiger partial charge in [0, 0.05) is 9.92 Å². The molecule has 1 amide bonds. The molecule has 0 spiro atoms. The van der Waals surface area contributed by atoms with Gasteiger partial charge < -0.3 is 0 Å². The van der Waals surface area contributed by atoms with Crippen LogP contribution in [-0.2, 0) is 4.79 Å². The van der Waals surface area contributed by atoms with Gasteiger partial charge in [0.25, 0.3) is 0 Å². The number of hydrogen-bond donors (Lipinski definition) is 1. The molecule has 2 aromatic rings. The predicted octanol–water partition coefficient (Wildman–Crippen LogP) is 3.64. The summed E-state index contributed by atoms with van der Waals surface area (Å²) in [6.07, 6.45) is 1.92. The summed E-state index contributed by atoms with van der Waals surface area (Å²) in [6, 6.07) is 7.38. The third-order valence-corrected chi connectivity index (χ3v) is 5.09. The fourth-order valence-electron chi connectivity index (χ4n) is 1.18. The van der Waals surface area contributed by atoms with E-state index in [1.165, 1.54) is 34.9 Å². The summed E-state index contributed by atoms with van der Waals surface area (Å²) in [5.74, 6) is 0.235. The SMILES string of the molecule is CSc1nnc(NC(=O)CSc2ccc(Cl)cc2)s1. The molecule has 0 aliphatic heterocycles. The van der Waals surface area contributed by atoms with Crippen LogP contribution in [0.3, 0.4) is 0 Å². The Morgan fingerprint density at radius 1 is 1.37 bits per heavy atom. The molecule has 19 heavy (non-hydrogen) atoms. The number of nitrogens with zero attached hydrogens (tertiary/aromatic N) is 2. The van der Waals surface area contributed by atoms with Gasteiger partial charge in [0.1, 0.15) is 0 Å². The highest BCUT2D eigenvalue weighted by atomic mass is 35.5. The van der Waals surface area contributed by atoms with Crippen LogP contribution in [0.25, 0.3) is 0 Å². The predicted molar refractivity (Wildman–Crippen MR) is 82.5 cm³/mol. The minimum absolute atomic E-state index is 0.0937. The Kier molecular flexibility index (Phi) is 5.50. The third kappa shape index (κ3) is 4.68. The van der Waals surface area contributed by atoms with Gasteiger partial charge in [0.15, 0.2) is 4.34 Å². The van der Waals surface area contributed by atoms with Crippen molar-refractivity contribution in [3.8, 4) is 0 Å². The van der Waals surface area contributed by atoms with Crippen molar-refractivity contribution in [2.75, 3.05) is 17.3 Å². The normalized spacial score (nSPS) is 10.4. The number of thioether (sulfide) groups is 2. The largest absolute Gasteiger partial charge is 0.300 e. The van der Waals surface area contributed by atoms with E-state index in [0.717, 1.165) is 9.24 Å². The smallest absolute Gasteiger partial charge is 0.236 e. The van der Waals surface area contributed by atoms with Crippen molar-refractivity contribution in [3.05, 3.63) is 29.3 Å². The van der Waals surface area contributed by atoms with Crippen LogP contribution in [0, 0.1) is 0 Å². The first-order valence-electron chi connectivity index (χ1n) is 5.23. The zero-order valence-corrected chi connectivity index (χ0v) is 13.1. The molecule has 0 aliphatic rings. The van der Waals surface area contributed by atoms with Crippen LogP contribution in [0.2, 0.25) is 5.02 Å². The Morgan fingerprint density at radius 2 is 2.11 bits per heavy atom. The summed E-state index contributed by atoms with van der Waals surface area (Å²) in [5, 5.41) is 11.7. The molecular formula is C11H10ClN3OS3. The molecule has 1 heterocycles. The van der Waals surface area contributed by atoms with E-state index >= 15 is 0 Å². The molecule has 1 aromatic carbocycles. The molecule has 1 N–H and O–H groups in total. The highest BCUT2D eigenvalue weighted by Crippen LogP contribution is 2.24. The molecule has 0 fully saturated rings. The van der Waals surface area contributed by atoms with Crippen LogP contribution < -0.4 is 5.32 Å². The number of rotatable bonds is 5. The summed E-state index contributed by atoms with van der Waals surface area (Å²) in [4.78, 5) is 12.7. The highest BCUT2D eigenvalue weighted by Gasteiger charge is 2.08. The van der Waals surface area contributed by atoms with Gasteiger partial charge in [-0.25, -0.2) is 0 Å². The Bertz CT molecular complexity index is 559. The minimum Gasteiger partial charge on any atom is -0.300 e. The first-order valence-corrected chi connectivity index (χ1v) is 8.63. The van der Waals surface area contributed by atoms with E-state index in [2.05, 4.69) is 15.5 Å². The topological polar surface area (TPSA) is 54.9 Å². The molecule has 0 atom stereocenters. The van der Waals surface area contributed by atoms with Crippen LogP contribution in [-0.4, -0.2) is 28.1 Å². The lowest BCUT2D eigenvalue weighted by Crippen LogP contribution is -2.13. The number of anilines is 1. The number of hydrogen-bond acceptors (Lipinski definition) is 6. The molecule has 0 radical (unpaired) electrons. The fourth-order valence-corrected chi connectivity index (χ4v) is 3.19. The van der Waals surface area contributed by atoms with Crippen molar-refractivity contribution in [1.82, 2.24) is 10.2 Å². The number of halogens is 1. The number of amides is 1. The highest BCUT2D eigenvalue weighted by molar-refractivity contribution is 8.00. The van der Waals surface area contributed by atoms with E-state index < -0.39 is 0 Å². The van der Waals surface area contributed by atoms with Crippen molar-refractivity contribution in [2.24, 2.45) is 0 Å². The Hall–Kier alpha value is -0.760. The van der Waals surface area contributed by atoms with E-state index in [0.29, 0.717) is 15.9 Å². The van der Waals surface area contributed by atoms with Crippen LogP contribution >= 0.6 is 46.5 Å². The van der Waals surface area contributed by atoms with Crippen molar-refractivity contribution in [1.29, 1.82) is 0 Å². The standard InChI is InChI=1S/C11H10ClN3OS3/c1-17-11-15-14-10(19-11)13-9(16)6-18-8-4-2-7(12)3-5-8/h2-5H,6H2,1H3,(H,13,14,16). The van der Waals surface area contributed by atoms with Crippen LogP contribution in [0.4, 0.5) is 5.13 Å². The summed E-state index contributed by atoms with van der Waals surface area (Å²) in [6.45, 7) is 0. The van der Waals surface area contributed by atoms with Gasteiger partial charge in [-0.15, -0.1) is 22.0 Å². The monoisotopic (exact) mass is 331 g/mol. The molecule has 8 heteroatoms. The molecule has 0 saturated heterocycles. The minimum atomic E-state index is -0.0937. The van der Waals surface area contributed by atoms with Crippen molar-refractivity contribution in [2.45, 2.75) is 9.24 Å².